The molecular weight excluding hydrogens is 394 g/mol. The highest BCUT2D eigenvalue weighted by molar-refractivity contribution is 8.00. The Labute approximate surface area is 172 Å². The Morgan fingerprint density at radius 2 is 1.89 bits per heavy atom. The number of anilines is 1. The maximum Gasteiger partial charge on any atom is 0.240 e. The molecule has 6 nitrogen and oxygen atoms in total. The number of nitrogens with one attached hydrogen (secondary N) is 2. The van der Waals surface area contributed by atoms with Crippen molar-refractivity contribution in [1.82, 2.24) is 14.9 Å². The Kier molecular flexibility index (Phi) is 5.28. The maximum atomic E-state index is 13.1. The zero-order valence-electron chi connectivity index (χ0n) is 15.5. The number of hydrogen-bond acceptors (Lipinski definition) is 5. The van der Waals surface area contributed by atoms with E-state index in [0.29, 0.717) is 10.2 Å². The summed E-state index contributed by atoms with van der Waals surface area (Å²) in [5, 5.41) is 12.2. The molecule has 28 heavy (non-hydrogen) atoms. The third-order valence-corrected chi connectivity index (χ3v) is 6.18. The first-order chi connectivity index (χ1) is 13.5. The van der Waals surface area contributed by atoms with Crippen molar-refractivity contribution in [2.24, 2.45) is 0 Å². The molecule has 0 spiro atoms. The van der Waals surface area contributed by atoms with Crippen LogP contribution in [0, 0.1) is 6.92 Å². The van der Waals surface area contributed by atoms with Crippen molar-refractivity contribution in [3.8, 4) is 0 Å². The number of carbonyl (C=O) groups is 1. The fourth-order valence-corrected chi connectivity index (χ4v) is 4.37. The minimum atomic E-state index is -0.414. The first kappa shape index (κ1) is 18.8. The fraction of sp³-hybridized carbons (Fsp3) is 0.250. The minimum absolute atomic E-state index is 0.0893. The third kappa shape index (κ3) is 3.72. The molecular formula is C20H20ClN5OS. The summed E-state index contributed by atoms with van der Waals surface area (Å²) < 4.78 is 1.82. The van der Waals surface area contributed by atoms with Gasteiger partial charge in [-0.3, -0.25) is 4.79 Å². The Morgan fingerprint density at radius 3 is 2.57 bits per heavy atom. The number of aromatic nitrogens is 3. The molecule has 1 aliphatic heterocycles. The predicted molar refractivity (Wildman–Crippen MR) is 112 cm³/mol. The molecule has 0 saturated heterocycles. The fourth-order valence-electron chi connectivity index (χ4n) is 3.12. The summed E-state index contributed by atoms with van der Waals surface area (Å²) in [5.74, 6) is 0.657. The summed E-state index contributed by atoms with van der Waals surface area (Å²) in [7, 11) is 0. The van der Waals surface area contributed by atoms with Gasteiger partial charge in [0.15, 0.2) is 0 Å². The van der Waals surface area contributed by atoms with Gasteiger partial charge in [-0.05, 0) is 48.7 Å². The number of carbonyl (C=O) groups excluding carboxylic acids is 1. The standard InChI is InChI=1S/C20H20ClN5OS/c1-3-13-4-10-16(11-5-13)22-19(27)18-17(14-6-8-15(21)9-7-14)25-26-12(2)23-24-20(26)28-18/h4-11,17-18,25H,3H2,1-2H3,(H,22,27)/t17-,18+/m0/s1. The van der Waals surface area contributed by atoms with Gasteiger partial charge in [0, 0.05) is 10.7 Å². The highest BCUT2D eigenvalue weighted by atomic mass is 35.5. The van der Waals surface area contributed by atoms with Crippen molar-refractivity contribution in [2.75, 3.05) is 10.7 Å². The van der Waals surface area contributed by atoms with E-state index in [1.165, 1.54) is 17.3 Å². The molecule has 144 valence electrons. The number of benzene rings is 2. The van der Waals surface area contributed by atoms with Crippen LogP contribution in [0.3, 0.4) is 0 Å². The number of hydrogen-bond donors (Lipinski definition) is 2. The van der Waals surface area contributed by atoms with Gasteiger partial charge in [0.2, 0.25) is 11.1 Å². The third-order valence-electron chi connectivity index (χ3n) is 4.72. The smallest absolute Gasteiger partial charge is 0.240 e. The Bertz CT molecular complexity index is 987. The molecule has 0 radical (unpaired) electrons. The van der Waals surface area contributed by atoms with E-state index in [9.17, 15) is 4.79 Å². The van der Waals surface area contributed by atoms with E-state index >= 15 is 0 Å². The molecule has 3 aromatic rings. The lowest BCUT2D eigenvalue weighted by Crippen LogP contribution is -2.41. The molecule has 1 aromatic heterocycles. The van der Waals surface area contributed by atoms with Gasteiger partial charge in [-0.2, -0.15) is 0 Å². The first-order valence-electron chi connectivity index (χ1n) is 9.05. The van der Waals surface area contributed by atoms with Crippen LogP contribution in [0.5, 0.6) is 0 Å². The number of aryl methyl sites for hydroxylation is 2. The van der Waals surface area contributed by atoms with Crippen LogP contribution in [0.2, 0.25) is 5.02 Å². The van der Waals surface area contributed by atoms with Crippen LogP contribution in [-0.4, -0.2) is 26.0 Å². The lowest BCUT2D eigenvalue weighted by atomic mass is 10.0. The molecule has 2 heterocycles. The van der Waals surface area contributed by atoms with Crippen LogP contribution in [0.15, 0.2) is 53.7 Å². The number of nitrogens with zero attached hydrogens (tertiary/aromatic N) is 3. The molecule has 2 aromatic carbocycles. The van der Waals surface area contributed by atoms with Gasteiger partial charge in [0.05, 0.1) is 6.04 Å². The summed E-state index contributed by atoms with van der Waals surface area (Å²) in [6.07, 6.45) is 0.963. The Balaban J connectivity index is 1.62. The summed E-state index contributed by atoms with van der Waals surface area (Å²) in [5.41, 5.74) is 6.36. The zero-order valence-corrected chi connectivity index (χ0v) is 17.1. The molecule has 4 rings (SSSR count). The number of fused-ring (bicyclic) bond motifs is 1. The molecule has 2 atom stereocenters. The normalized spacial score (nSPS) is 18.2. The van der Waals surface area contributed by atoms with Crippen LogP contribution in [0.4, 0.5) is 5.69 Å². The van der Waals surface area contributed by atoms with Gasteiger partial charge in [-0.15, -0.1) is 10.2 Å². The van der Waals surface area contributed by atoms with E-state index in [-0.39, 0.29) is 11.9 Å². The van der Waals surface area contributed by atoms with E-state index in [2.05, 4.69) is 27.9 Å². The lowest BCUT2D eigenvalue weighted by Gasteiger charge is -2.32. The van der Waals surface area contributed by atoms with Gasteiger partial charge in [0.1, 0.15) is 11.1 Å². The number of thioether (sulfide) groups is 1. The van der Waals surface area contributed by atoms with Crippen molar-refractivity contribution >= 4 is 35.0 Å². The SMILES string of the molecule is CCc1ccc(NC(=O)[C@@H]2Sc3nnc(C)n3N[C@H]2c2ccc(Cl)cc2)cc1. The average molecular weight is 414 g/mol. The molecule has 1 amide bonds. The van der Waals surface area contributed by atoms with Gasteiger partial charge in [-0.25, -0.2) is 4.68 Å². The second-order valence-corrected chi connectivity index (χ2v) is 8.15. The second kappa shape index (κ2) is 7.85. The van der Waals surface area contributed by atoms with Gasteiger partial charge < -0.3 is 10.7 Å². The predicted octanol–water partition coefficient (Wildman–Crippen LogP) is 4.20. The quantitative estimate of drug-likeness (QED) is 0.670. The van der Waals surface area contributed by atoms with E-state index < -0.39 is 5.25 Å². The number of rotatable bonds is 4. The number of halogens is 1. The highest BCUT2D eigenvalue weighted by Gasteiger charge is 2.37. The monoisotopic (exact) mass is 413 g/mol. The number of amides is 1. The van der Waals surface area contributed by atoms with Gasteiger partial charge >= 0.3 is 0 Å². The maximum absolute atomic E-state index is 13.1. The molecule has 1 aliphatic rings. The van der Waals surface area contributed by atoms with Crippen molar-refractivity contribution in [1.29, 1.82) is 0 Å². The first-order valence-corrected chi connectivity index (χ1v) is 10.3. The van der Waals surface area contributed by atoms with Crippen molar-refractivity contribution in [3.63, 3.8) is 0 Å². The largest absolute Gasteiger partial charge is 0.325 e. The van der Waals surface area contributed by atoms with Crippen molar-refractivity contribution in [2.45, 2.75) is 36.7 Å². The van der Waals surface area contributed by atoms with Crippen LogP contribution >= 0.6 is 23.4 Å². The zero-order chi connectivity index (χ0) is 19.7. The van der Waals surface area contributed by atoms with Crippen LogP contribution in [0.1, 0.15) is 29.9 Å². The molecule has 0 unspecified atom stereocenters. The Morgan fingerprint density at radius 1 is 1.18 bits per heavy atom. The minimum Gasteiger partial charge on any atom is -0.325 e. The summed E-state index contributed by atoms with van der Waals surface area (Å²) in [6.45, 7) is 3.98. The lowest BCUT2D eigenvalue weighted by molar-refractivity contribution is -0.116. The van der Waals surface area contributed by atoms with Crippen molar-refractivity contribution in [3.05, 3.63) is 70.5 Å². The van der Waals surface area contributed by atoms with E-state index in [1.54, 1.807) is 0 Å². The molecule has 0 aliphatic carbocycles. The van der Waals surface area contributed by atoms with Gasteiger partial charge in [0.25, 0.3) is 0 Å². The molecule has 0 fully saturated rings. The van der Waals surface area contributed by atoms with E-state index in [0.717, 1.165) is 23.5 Å². The Hall–Kier alpha value is -2.51. The van der Waals surface area contributed by atoms with E-state index in [1.807, 2.05) is 60.1 Å². The average Bonchev–Trinajstić information content (AvgIpc) is 3.08. The van der Waals surface area contributed by atoms with Crippen LogP contribution in [-0.2, 0) is 11.2 Å². The highest BCUT2D eigenvalue weighted by Crippen LogP contribution is 2.37. The van der Waals surface area contributed by atoms with Crippen LogP contribution < -0.4 is 10.7 Å². The molecule has 8 heteroatoms. The summed E-state index contributed by atoms with van der Waals surface area (Å²) >= 11 is 7.44. The van der Waals surface area contributed by atoms with Crippen LogP contribution in [0.25, 0.3) is 0 Å². The topological polar surface area (TPSA) is 71.8 Å². The summed E-state index contributed by atoms with van der Waals surface area (Å²) in [6, 6.07) is 15.2. The second-order valence-electron chi connectivity index (χ2n) is 6.60. The molecule has 2 N–H and O–H groups in total. The van der Waals surface area contributed by atoms with Crippen molar-refractivity contribution < 1.29 is 4.79 Å². The molecule has 0 saturated carbocycles. The van der Waals surface area contributed by atoms with E-state index in [4.69, 9.17) is 11.6 Å². The van der Waals surface area contributed by atoms with Gasteiger partial charge in [-0.1, -0.05) is 54.6 Å². The molecule has 0 bridgehead atoms. The summed E-state index contributed by atoms with van der Waals surface area (Å²) in [4.78, 5) is 13.1.